The van der Waals surface area contributed by atoms with Crippen LogP contribution in [0, 0.1) is 0 Å². The number of nitrogens with zero attached hydrogens (tertiary/aromatic N) is 2. The van der Waals surface area contributed by atoms with Crippen LogP contribution in [-0.4, -0.2) is 36.6 Å². The summed E-state index contributed by atoms with van der Waals surface area (Å²) in [5.74, 6) is 0. The van der Waals surface area contributed by atoms with Gasteiger partial charge in [-0.25, -0.2) is 9.78 Å². The molecule has 4 aromatic rings. The maximum Gasteiger partial charge on any atom is 0.210 e. The Morgan fingerprint density at radius 2 is 1.40 bits per heavy atom. The monoisotopic (exact) mass is 797 g/mol. The first-order valence-corrected chi connectivity index (χ1v) is 19.8. The number of halogens is 1. The quantitative estimate of drug-likeness (QED) is 0.0385. The number of anilines is 1. The predicted molar refractivity (Wildman–Crippen MR) is 223 cm³/mol. The molecule has 2 heterocycles. The molecule has 55 heavy (non-hydrogen) atoms. The van der Waals surface area contributed by atoms with E-state index >= 15 is 0 Å². The molecule has 8 nitrogen and oxygen atoms in total. The Hall–Kier alpha value is -3.42. The summed E-state index contributed by atoms with van der Waals surface area (Å²) in [5.41, 5.74) is 9.20. The largest absolute Gasteiger partial charge is 0.579 e. The fraction of sp³-hybridized carbons (Fsp3) is 0.341. The molecule has 0 radical (unpaired) electrons. The lowest BCUT2D eigenvalue weighted by atomic mass is 9.78. The van der Waals surface area contributed by atoms with E-state index in [1.165, 1.54) is 55.5 Å². The molecule has 0 bridgehead atoms. The molecule has 0 amide bonds. The van der Waals surface area contributed by atoms with E-state index in [0.717, 1.165) is 48.5 Å². The average molecular weight is 798 g/mol. The van der Waals surface area contributed by atoms with Crippen molar-refractivity contribution >= 4 is 76.1 Å². The smallest absolute Gasteiger partial charge is 0.210 e. The molecule has 0 saturated carbocycles. The van der Waals surface area contributed by atoms with Gasteiger partial charge < -0.3 is 39.4 Å². The van der Waals surface area contributed by atoms with Gasteiger partial charge in [0.05, 0.1) is 18.6 Å². The highest BCUT2D eigenvalue weighted by molar-refractivity contribution is 7.53. The Morgan fingerprint density at radius 3 is 2.11 bits per heavy atom. The number of hydrogen-bond donors (Lipinski definition) is 0. The van der Waals surface area contributed by atoms with E-state index in [1.54, 1.807) is 0 Å². The van der Waals surface area contributed by atoms with Crippen molar-refractivity contribution in [3.63, 3.8) is 0 Å². The summed E-state index contributed by atoms with van der Waals surface area (Å²) in [7, 11) is 0. The van der Waals surface area contributed by atoms with Gasteiger partial charge in [0, 0.05) is 52.5 Å². The van der Waals surface area contributed by atoms with E-state index in [9.17, 15) is 0 Å². The Balaban J connectivity index is 1.22. The van der Waals surface area contributed by atoms with Gasteiger partial charge in [0.15, 0.2) is 12.3 Å². The first-order chi connectivity index (χ1) is 26.7. The van der Waals surface area contributed by atoms with Crippen LogP contribution in [0.15, 0.2) is 119 Å². The lowest BCUT2D eigenvalue weighted by molar-refractivity contribution is -0.471. The van der Waals surface area contributed by atoms with Crippen LogP contribution in [0.3, 0.4) is 0 Å². The standard InChI is InChI=1S/C44H47ClN2O6S2/c1-43(2)38(46(26-10-28-48-50-52-54)36-22-18-30-12-5-7-16-34(30)40(36)43)24-20-32-14-9-15-33(42(32)45)21-25-39-44(3,4)41-35-17-8-6-13-31(35)19-23-37(41)47(39)27-11-29-49-51-53-55/h5-8,12-13,16-25H,9-11,14-15,26-29H2,1-4H3,(H-,54,55)/p-1. The maximum absolute atomic E-state index is 7.33. The summed E-state index contributed by atoms with van der Waals surface area (Å²) in [5, 5.41) is 14.8. The second-order valence-electron chi connectivity index (χ2n) is 15.2. The van der Waals surface area contributed by atoms with Gasteiger partial charge in [-0.1, -0.05) is 102 Å². The van der Waals surface area contributed by atoms with Crippen LogP contribution in [0.4, 0.5) is 11.4 Å². The number of rotatable bonds is 15. The van der Waals surface area contributed by atoms with Gasteiger partial charge >= 0.3 is 0 Å². The Kier molecular flexibility index (Phi) is 12.6. The first kappa shape index (κ1) is 39.8. The Morgan fingerprint density at radius 1 is 0.745 bits per heavy atom. The van der Waals surface area contributed by atoms with Crippen LogP contribution >= 0.6 is 11.6 Å². The second-order valence-corrected chi connectivity index (χ2v) is 15.8. The predicted octanol–water partition coefficient (Wildman–Crippen LogP) is 10.7. The molecule has 0 aromatic heterocycles. The van der Waals surface area contributed by atoms with Gasteiger partial charge in [-0.2, -0.15) is 4.58 Å². The molecule has 0 fully saturated rings. The van der Waals surface area contributed by atoms with Gasteiger partial charge in [-0.15, -0.1) is 0 Å². The van der Waals surface area contributed by atoms with E-state index < -0.39 is 0 Å². The summed E-state index contributed by atoms with van der Waals surface area (Å²) < 4.78 is 10.8. The van der Waals surface area contributed by atoms with Crippen LogP contribution in [0.5, 0.6) is 0 Å². The van der Waals surface area contributed by atoms with Crippen molar-refractivity contribution in [3.05, 3.63) is 130 Å². The summed E-state index contributed by atoms with van der Waals surface area (Å²) >= 11 is 16.1. The molecule has 0 atom stereocenters. The molecule has 1 aliphatic carbocycles. The zero-order valence-corrected chi connectivity index (χ0v) is 34.0. The lowest BCUT2D eigenvalue weighted by Gasteiger charge is -2.27. The van der Waals surface area contributed by atoms with E-state index in [1.807, 2.05) is 0 Å². The zero-order valence-electron chi connectivity index (χ0n) is 31.6. The van der Waals surface area contributed by atoms with Crippen molar-refractivity contribution in [2.75, 3.05) is 31.2 Å². The third-order valence-corrected chi connectivity index (χ3v) is 11.8. The number of fused-ring (bicyclic) bond motifs is 6. The molecule has 288 valence electrons. The molecule has 7 rings (SSSR count). The normalized spacial score (nSPS) is 19.2. The minimum absolute atomic E-state index is 0.259. The first-order valence-electron chi connectivity index (χ1n) is 18.8. The van der Waals surface area contributed by atoms with Crippen molar-refractivity contribution in [1.29, 1.82) is 0 Å². The van der Waals surface area contributed by atoms with Gasteiger partial charge in [-0.3, -0.25) is 0 Å². The average Bonchev–Trinajstić information content (AvgIpc) is 3.54. The molecule has 0 N–H and O–H groups in total. The highest BCUT2D eigenvalue weighted by Gasteiger charge is 2.45. The van der Waals surface area contributed by atoms with E-state index in [2.05, 4.69) is 179 Å². The highest BCUT2D eigenvalue weighted by Crippen LogP contribution is 2.51. The van der Waals surface area contributed by atoms with Crippen LogP contribution < -0.4 is 4.90 Å². The molecule has 4 aromatic carbocycles. The molecule has 0 unspecified atom stereocenters. The van der Waals surface area contributed by atoms with Crippen LogP contribution in [-0.2, 0) is 65.2 Å². The zero-order chi connectivity index (χ0) is 38.6. The van der Waals surface area contributed by atoms with Gasteiger partial charge in [-0.05, 0) is 96.0 Å². The maximum atomic E-state index is 7.33. The molecule has 11 heteroatoms. The van der Waals surface area contributed by atoms with Crippen LogP contribution in [0.25, 0.3) is 21.5 Å². The van der Waals surface area contributed by atoms with E-state index in [0.29, 0.717) is 26.1 Å². The van der Waals surface area contributed by atoms with Crippen molar-refractivity contribution in [3.8, 4) is 0 Å². The molecular formula is C44H46ClN2O6S2-. The van der Waals surface area contributed by atoms with Gasteiger partial charge in [0.25, 0.3) is 0 Å². The van der Waals surface area contributed by atoms with Gasteiger partial charge in [0.2, 0.25) is 5.69 Å². The van der Waals surface area contributed by atoms with Crippen LogP contribution in [0.2, 0.25) is 0 Å². The Bertz CT molecular complexity index is 2230. The number of benzene rings is 4. The molecule has 0 spiro atoms. The second kappa shape index (κ2) is 17.4. The van der Waals surface area contributed by atoms with E-state index in [-0.39, 0.29) is 10.8 Å². The SMILES string of the molecule is CC1(C)C(/C=C/C2=C(Cl)C(=C/C=C3/N(CCCOOO[S-])c4ccc5ccccc5c4C3(C)C)/CCC2)=[N+](CCCOOO[S-])c2ccc3ccccc3c21. The fourth-order valence-corrected chi connectivity index (χ4v) is 9.18. The van der Waals surface area contributed by atoms with Crippen LogP contribution in [0.1, 0.15) is 70.9 Å². The third kappa shape index (κ3) is 7.94. The number of allylic oxidation sites excluding steroid dienone is 8. The fourth-order valence-electron chi connectivity index (χ4n) is 8.79. The lowest BCUT2D eigenvalue weighted by Crippen LogP contribution is -2.28. The minimum atomic E-state index is -0.259. The minimum Gasteiger partial charge on any atom is -0.579 e. The number of hydrogen-bond acceptors (Lipinski definition) is 9. The van der Waals surface area contributed by atoms with Crippen molar-refractivity contribution in [2.24, 2.45) is 0 Å². The molecular weight excluding hydrogens is 752 g/mol. The van der Waals surface area contributed by atoms with Crippen molar-refractivity contribution < 1.29 is 33.1 Å². The molecule has 0 saturated heterocycles. The summed E-state index contributed by atoms with van der Waals surface area (Å²) in [4.78, 5) is 12.6. The Labute approximate surface area is 339 Å². The van der Waals surface area contributed by atoms with E-state index in [4.69, 9.17) is 21.4 Å². The molecule has 2 aliphatic heterocycles. The molecule has 3 aliphatic rings. The summed E-state index contributed by atoms with van der Waals surface area (Å²) in [6.45, 7) is 11.4. The third-order valence-electron chi connectivity index (χ3n) is 11.2. The highest BCUT2D eigenvalue weighted by atomic mass is 35.5. The van der Waals surface area contributed by atoms with Crippen molar-refractivity contribution in [2.45, 2.75) is 70.6 Å². The summed E-state index contributed by atoms with van der Waals surface area (Å²) in [6, 6.07) is 26.1. The van der Waals surface area contributed by atoms with Crippen molar-refractivity contribution in [1.82, 2.24) is 0 Å². The van der Waals surface area contributed by atoms with Gasteiger partial charge in [0.1, 0.15) is 0 Å². The summed E-state index contributed by atoms with van der Waals surface area (Å²) in [6.07, 6.45) is 13.2. The topological polar surface area (TPSA) is 61.6 Å².